The van der Waals surface area contributed by atoms with Crippen LogP contribution in [0.3, 0.4) is 0 Å². The van der Waals surface area contributed by atoms with Gasteiger partial charge in [0.15, 0.2) is 0 Å². The molecule has 1 unspecified atom stereocenters. The molecule has 0 fully saturated rings. The molecule has 98 valence electrons. The maximum Gasteiger partial charge on any atom is 0.254 e. The van der Waals surface area contributed by atoms with E-state index in [1.807, 2.05) is 11.8 Å². The Morgan fingerprint density at radius 2 is 2.05 bits per heavy atom. The topological polar surface area (TPSA) is 20.3 Å². The molecule has 0 saturated heterocycles. The Hall–Kier alpha value is -1.68. The van der Waals surface area contributed by atoms with Gasteiger partial charge in [-0.1, -0.05) is 0 Å². The summed E-state index contributed by atoms with van der Waals surface area (Å²) in [6.07, 6.45) is 0.907. The van der Waals surface area contributed by atoms with Crippen molar-refractivity contribution in [1.82, 2.24) is 4.90 Å². The zero-order valence-electron chi connectivity index (χ0n) is 10.6. The van der Waals surface area contributed by atoms with Crippen LogP contribution in [0.15, 0.2) is 35.7 Å². The molecule has 2 nitrogen and oxygen atoms in total. The molecule has 1 aromatic heterocycles. The second-order valence-corrected chi connectivity index (χ2v) is 5.73. The monoisotopic (exact) mass is 275 g/mol. The molecule has 1 amide bonds. The first-order valence-corrected chi connectivity index (χ1v) is 7.17. The first-order valence-electron chi connectivity index (χ1n) is 6.29. The number of halogens is 1. The molecule has 1 aromatic carbocycles. The van der Waals surface area contributed by atoms with E-state index in [-0.39, 0.29) is 17.8 Å². The van der Waals surface area contributed by atoms with E-state index >= 15 is 0 Å². The average molecular weight is 275 g/mol. The van der Waals surface area contributed by atoms with Crippen LogP contribution in [-0.4, -0.2) is 17.4 Å². The third-order valence-corrected chi connectivity index (χ3v) is 4.63. The number of nitrogens with zero attached hydrogens (tertiary/aromatic N) is 1. The normalized spacial score (nSPS) is 18.2. The minimum atomic E-state index is -0.316. The van der Waals surface area contributed by atoms with Gasteiger partial charge in [0, 0.05) is 17.0 Å². The molecule has 1 atom stereocenters. The number of rotatable bonds is 1. The Kier molecular flexibility index (Phi) is 3.11. The molecule has 19 heavy (non-hydrogen) atoms. The first-order chi connectivity index (χ1) is 9.16. The fourth-order valence-corrected chi connectivity index (χ4v) is 3.51. The van der Waals surface area contributed by atoms with Crippen LogP contribution in [0.2, 0.25) is 0 Å². The SMILES string of the molecule is CC1c2ccsc2CCN1C(=O)c1ccc(F)cc1. The highest BCUT2D eigenvalue weighted by atomic mass is 32.1. The van der Waals surface area contributed by atoms with E-state index in [1.54, 1.807) is 23.5 Å². The lowest BCUT2D eigenvalue weighted by atomic mass is 10.0. The molecule has 1 aliphatic rings. The summed E-state index contributed by atoms with van der Waals surface area (Å²) < 4.78 is 12.9. The predicted octanol–water partition coefficient (Wildman–Crippen LogP) is 3.65. The lowest BCUT2D eigenvalue weighted by Crippen LogP contribution is -2.38. The molecule has 1 aliphatic heterocycles. The summed E-state index contributed by atoms with van der Waals surface area (Å²) >= 11 is 1.75. The molecular formula is C15H14FNOS. The number of benzene rings is 1. The van der Waals surface area contributed by atoms with Gasteiger partial charge in [0.05, 0.1) is 6.04 Å². The van der Waals surface area contributed by atoms with Gasteiger partial charge in [-0.15, -0.1) is 11.3 Å². The molecule has 0 N–H and O–H groups in total. The van der Waals surface area contributed by atoms with E-state index in [1.165, 1.54) is 22.6 Å². The van der Waals surface area contributed by atoms with Crippen molar-refractivity contribution in [3.63, 3.8) is 0 Å². The molecule has 2 aromatic rings. The highest BCUT2D eigenvalue weighted by molar-refractivity contribution is 7.10. The highest BCUT2D eigenvalue weighted by Gasteiger charge is 2.28. The van der Waals surface area contributed by atoms with E-state index in [2.05, 4.69) is 11.4 Å². The molecule has 0 aliphatic carbocycles. The summed E-state index contributed by atoms with van der Waals surface area (Å²) in [5, 5.41) is 2.08. The molecular weight excluding hydrogens is 261 g/mol. The Labute approximate surface area is 115 Å². The van der Waals surface area contributed by atoms with Crippen LogP contribution in [0.5, 0.6) is 0 Å². The van der Waals surface area contributed by atoms with Gasteiger partial charge in [0.1, 0.15) is 5.82 Å². The summed E-state index contributed by atoms with van der Waals surface area (Å²) in [6, 6.07) is 7.94. The van der Waals surface area contributed by atoms with Gasteiger partial charge in [-0.05, 0) is 54.6 Å². The van der Waals surface area contributed by atoms with Crippen LogP contribution < -0.4 is 0 Å². The van der Waals surface area contributed by atoms with Crippen molar-refractivity contribution < 1.29 is 9.18 Å². The summed E-state index contributed by atoms with van der Waals surface area (Å²) in [5.41, 5.74) is 1.79. The summed E-state index contributed by atoms with van der Waals surface area (Å²) in [7, 11) is 0. The van der Waals surface area contributed by atoms with Gasteiger partial charge < -0.3 is 4.90 Å². The number of carbonyl (C=O) groups excluding carboxylic acids is 1. The van der Waals surface area contributed by atoms with Gasteiger partial charge in [0.2, 0.25) is 0 Å². The van der Waals surface area contributed by atoms with Crippen molar-refractivity contribution in [3.05, 3.63) is 57.5 Å². The molecule has 0 spiro atoms. The summed E-state index contributed by atoms with van der Waals surface area (Å²) in [4.78, 5) is 15.7. The maximum atomic E-state index is 12.9. The molecule has 4 heteroatoms. The molecule has 2 heterocycles. The van der Waals surface area contributed by atoms with Gasteiger partial charge in [-0.25, -0.2) is 4.39 Å². The Balaban J connectivity index is 1.87. The predicted molar refractivity (Wildman–Crippen MR) is 73.9 cm³/mol. The Bertz CT molecular complexity index is 605. The zero-order valence-corrected chi connectivity index (χ0v) is 11.4. The van der Waals surface area contributed by atoms with Crippen LogP contribution in [0.4, 0.5) is 4.39 Å². The molecule has 3 rings (SSSR count). The van der Waals surface area contributed by atoms with Crippen LogP contribution in [0.1, 0.15) is 33.8 Å². The number of hydrogen-bond acceptors (Lipinski definition) is 2. The number of fused-ring (bicyclic) bond motifs is 1. The average Bonchev–Trinajstić information content (AvgIpc) is 2.88. The number of carbonyl (C=O) groups is 1. The molecule has 0 bridgehead atoms. The van der Waals surface area contributed by atoms with E-state index in [4.69, 9.17) is 0 Å². The van der Waals surface area contributed by atoms with E-state index in [0.29, 0.717) is 5.56 Å². The van der Waals surface area contributed by atoms with Crippen LogP contribution in [0, 0.1) is 5.82 Å². The summed E-state index contributed by atoms with van der Waals surface area (Å²) in [5.74, 6) is -0.340. The van der Waals surface area contributed by atoms with Gasteiger partial charge >= 0.3 is 0 Å². The van der Waals surface area contributed by atoms with Gasteiger partial charge in [-0.2, -0.15) is 0 Å². The Morgan fingerprint density at radius 1 is 1.32 bits per heavy atom. The first kappa shape index (κ1) is 12.4. The highest BCUT2D eigenvalue weighted by Crippen LogP contribution is 2.33. The van der Waals surface area contributed by atoms with Crippen LogP contribution in [-0.2, 0) is 6.42 Å². The molecule has 0 saturated carbocycles. The lowest BCUT2D eigenvalue weighted by molar-refractivity contribution is 0.0679. The summed E-state index contributed by atoms with van der Waals surface area (Å²) in [6.45, 7) is 2.77. The van der Waals surface area contributed by atoms with Gasteiger partial charge in [0.25, 0.3) is 5.91 Å². The van der Waals surface area contributed by atoms with Crippen molar-refractivity contribution in [2.75, 3.05) is 6.54 Å². The lowest BCUT2D eigenvalue weighted by Gasteiger charge is -2.33. The van der Waals surface area contributed by atoms with Crippen molar-refractivity contribution in [2.45, 2.75) is 19.4 Å². The molecule has 0 radical (unpaired) electrons. The fraction of sp³-hybridized carbons (Fsp3) is 0.267. The maximum absolute atomic E-state index is 12.9. The van der Waals surface area contributed by atoms with Crippen molar-refractivity contribution in [3.8, 4) is 0 Å². The number of thiophene rings is 1. The third kappa shape index (κ3) is 2.16. The van der Waals surface area contributed by atoms with E-state index in [0.717, 1.165) is 13.0 Å². The zero-order chi connectivity index (χ0) is 13.4. The quantitative estimate of drug-likeness (QED) is 0.778. The standard InChI is InChI=1S/C15H14FNOS/c1-10-13-7-9-19-14(13)6-8-17(10)15(18)11-2-4-12(16)5-3-11/h2-5,7,9-10H,6,8H2,1H3. The second-order valence-electron chi connectivity index (χ2n) is 4.73. The van der Waals surface area contributed by atoms with Crippen molar-refractivity contribution >= 4 is 17.2 Å². The van der Waals surface area contributed by atoms with Gasteiger partial charge in [-0.3, -0.25) is 4.79 Å². The van der Waals surface area contributed by atoms with Crippen LogP contribution >= 0.6 is 11.3 Å². The van der Waals surface area contributed by atoms with E-state index < -0.39 is 0 Å². The Morgan fingerprint density at radius 3 is 2.79 bits per heavy atom. The van der Waals surface area contributed by atoms with Crippen molar-refractivity contribution in [1.29, 1.82) is 0 Å². The number of amides is 1. The van der Waals surface area contributed by atoms with E-state index in [9.17, 15) is 9.18 Å². The minimum Gasteiger partial charge on any atom is -0.331 e. The largest absolute Gasteiger partial charge is 0.331 e. The smallest absolute Gasteiger partial charge is 0.254 e. The minimum absolute atomic E-state index is 0.0237. The fourth-order valence-electron chi connectivity index (χ4n) is 2.55. The van der Waals surface area contributed by atoms with Crippen molar-refractivity contribution in [2.24, 2.45) is 0 Å². The second kappa shape index (κ2) is 4.78. The number of hydrogen-bond donors (Lipinski definition) is 0. The van der Waals surface area contributed by atoms with Crippen LogP contribution in [0.25, 0.3) is 0 Å². The third-order valence-electron chi connectivity index (χ3n) is 3.63.